The van der Waals surface area contributed by atoms with Crippen LogP contribution in [0.15, 0.2) is 10.7 Å². The van der Waals surface area contributed by atoms with Crippen LogP contribution in [0.3, 0.4) is 0 Å². The van der Waals surface area contributed by atoms with Crippen LogP contribution in [-0.2, 0) is 4.79 Å². The van der Waals surface area contributed by atoms with E-state index in [1.54, 1.807) is 18.7 Å². The fourth-order valence-electron chi connectivity index (χ4n) is 2.24. The number of halogens is 1. The van der Waals surface area contributed by atoms with Gasteiger partial charge in [-0.25, -0.2) is 4.98 Å². The summed E-state index contributed by atoms with van der Waals surface area (Å²) in [6, 6.07) is -0.161. The van der Waals surface area contributed by atoms with Gasteiger partial charge in [-0.05, 0) is 22.9 Å². The molecule has 9 heteroatoms. The molecule has 2 rings (SSSR count). The number of anilines is 1. The van der Waals surface area contributed by atoms with Crippen molar-refractivity contribution >= 4 is 45.2 Å². The molecule has 21 heavy (non-hydrogen) atoms. The molecule has 1 atom stereocenters. The van der Waals surface area contributed by atoms with E-state index >= 15 is 0 Å². The Kier molecular flexibility index (Phi) is 5.04. The van der Waals surface area contributed by atoms with Crippen molar-refractivity contribution in [1.29, 1.82) is 0 Å². The van der Waals surface area contributed by atoms with Crippen LogP contribution in [0, 0.1) is 17.0 Å². The maximum Gasteiger partial charge on any atom is 0.305 e. The van der Waals surface area contributed by atoms with Crippen molar-refractivity contribution in [2.45, 2.75) is 19.4 Å². The van der Waals surface area contributed by atoms with Gasteiger partial charge < -0.3 is 10.0 Å². The van der Waals surface area contributed by atoms with Crippen LogP contribution >= 0.6 is 27.7 Å². The van der Waals surface area contributed by atoms with E-state index in [9.17, 15) is 14.9 Å². The molecule has 1 aromatic rings. The van der Waals surface area contributed by atoms with Crippen molar-refractivity contribution < 1.29 is 14.8 Å². The lowest BCUT2D eigenvalue weighted by Gasteiger charge is -2.36. The zero-order valence-corrected chi connectivity index (χ0v) is 13.7. The SMILES string of the molecule is Cc1c([N+](=O)[O-])cnc(N2CCSCC2CC(=O)O)c1Br. The molecule has 1 aliphatic rings. The molecule has 1 fully saturated rings. The zero-order valence-electron chi connectivity index (χ0n) is 11.3. The van der Waals surface area contributed by atoms with Gasteiger partial charge in [0.1, 0.15) is 12.0 Å². The fourth-order valence-corrected chi connectivity index (χ4v) is 3.84. The number of carboxylic acid groups (broad SMARTS) is 1. The number of carbonyl (C=O) groups is 1. The number of aromatic nitrogens is 1. The second-order valence-electron chi connectivity index (χ2n) is 4.68. The van der Waals surface area contributed by atoms with E-state index in [4.69, 9.17) is 5.11 Å². The van der Waals surface area contributed by atoms with E-state index in [2.05, 4.69) is 20.9 Å². The van der Waals surface area contributed by atoms with Crippen molar-refractivity contribution in [3.05, 3.63) is 26.3 Å². The van der Waals surface area contributed by atoms with E-state index in [1.165, 1.54) is 6.20 Å². The predicted octanol–water partition coefficient (Wildman–Crippen LogP) is 2.46. The summed E-state index contributed by atoms with van der Waals surface area (Å²) < 4.78 is 0.555. The largest absolute Gasteiger partial charge is 0.481 e. The summed E-state index contributed by atoms with van der Waals surface area (Å²) in [6.45, 7) is 2.32. The zero-order chi connectivity index (χ0) is 15.6. The second-order valence-corrected chi connectivity index (χ2v) is 6.63. The molecular formula is C12H14BrN3O4S. The average Bonchev–Trinajstić information content (AvgIpc) is 2.42. The van der Waals surface area contributed by atoms with Gasteiger partial charge in [-0.3, -0.25) is 14.9 Å². The van der Waals surface area contributed by atoms with Gasteiger partial charge in [0.15, 0.2) is 0 Å². The van der Waals surface area contributed by atoms with E-state index in [-0.39, 0.29) is 18.2 Å². The van der Waals surface area contributed by atoms with Gasteiger partial charge in [0.2, 0.25) is 0 Å². The molecule has 0 radical (unpaired) electrons. The van der Waals surface area contributed by atoms with Crippen LogP contribution < -0.4 is 4.90 Å². The van der Waals surface area contributed by atoms with E-state index in [0.717, 1.165) is 5.75 Å². The highest BCUT2D eigenvalue weighted by atomic mass is 79.9. The molecule has 0 aliphatic carbocycles. The molecule has 0 spiro atoms. The minimum Gasteiger partial charge on any atom is -0.481 e. The topological polar surface area (TPSA) is 96.6 Å². The second kappa shape index (κ2) is 6.61. The van der Waals surface area contributed by atoms with Crippen LogP contribution in [0.1, 0.15) is 12.0 Å². The molecule has 0 amide bonds. The Bertz CT molecular complexity index is 584. The first-order valence-corrected chi connectivity index (χ1v) is 8.22. The third-order valence-electron chi connectivity index (χ3n) is 3.33. The van der Waals surface area contributed by atoms with Crippen molar-refractivity contribution in [2.24, 2.45) is 0 Å². The van der Waals surface area contributed by atoms with Crippen LogP contribution in [0.5, 0.6) is 0 Å². The summed E-state index contributed by atoms with van der Waals surface area (Å²) in [5.41, 5.74) is 0.448. The van der Waals surface area contributed by atoms with Crippen LogP contribution in [0.2, 0.25) is 0 Å². The Balaban J connectivity index is 2.37. The maximum absolute atomic E-state index is 11.0. The van der Waals surface area contributed by atoms with Crippen molar-refractivity contribution in [3.8, 4) is 0 Å². The molecule has 7 nitrogen and oxygen atoms in total. The molecule has 1 unspecified atom stereocenters. The fraction of sp³-hybridized carbons (Fsp3) is 0.500. The first-order chi connectivity index (χ1) is 9.91. The van der Waals surface area contributed by atoms with Gasteiger partial charge in [-0.15, -0.1) is 0 Å². The van der Waals surface area contributed by atoms with Crippen molar-refractivity contribution in [3.63, 3.8) is 0 Å². The Morgan fingerprint density at radius 1 is 1.71 bits per heavy atom. The molecule has 1 aromatic heterocycles. The van der Waals surface area contributed by atoms with Crippen LogP contribution in [0.4, 0.5) is 11.5 Å². The van der Waals surface area contributed by atoms with Gasteiger partial charge in [0.05, 0.1) is 15.8 Å². The van der Waals surface area contributed by atoms with Crippen LogP contribution in [-0.4, -0.2) is 45.1 Å². The molecule has 0 saturated carbocycles. The normalized spacial score (nSPS) is 18.6. The first kappa shape index (κ1) is 16.0. The van der Waals surface area contributed by atoms with Gasteiger partial charge in [-0.1, -0.05) is 0 Å². The molecule has 0 aromatic carbocycles. The third-order valence-corrected chi connectivity index (χ3v) is 5.37. The summed E-state index contributed by atoms with van der Waals surface area (Å²) in [5, 5.41) is 19.9. The van der Waals surface area contributed by atoms with E-state index in [1.807, 2.05) is 4.90 Å². The van der Waals surface area contributed by atoms with Gasteiger partial charge in [0.25, 0.3) is 5.69 Å². The van der Waals surface area contributed by atoms with Crippen LogP contribution in [0.25, 0.3) is 0 Å². The van der Waals surface area contributed by atoms with Crippen molar-refractivity contribution in [2.75, 3.05) is 23.0 Å². The Labute approximate surface area is 134 Å². The summed E-state index contributed by atoms with van der Waals surface area (Å²) in [4.78, 5) is 27.5. The highest BCUT2D eigenvalue weighted by Crippen LogP contribution is 2.35. The molecule has 1 aliphatic heterocycles. The minimum atomic E-state index is -0.859. The number of aliphatic carboxylic acids is 1. The summed E-state index contributed by atoms with van der Waals surface area (Å²) in [5.74, 6) is 1.29. The molecular weight excluding hydrogens is 362 g/mol. The number of hydrogen-bond acceptors (Lipinski definition) is 6. The Morgan fingerprint density at radius 2 is 2.43 bits per heavy atom. The van der Waals surface area contributed by atoms with Gasteiger partial charge in [-0.2, -0.15) is 11.8 Å². The van der Waals surface area contributed by atoms with E-state index < -0.39 is 10.9 Å². The molecule has 114 valence electrons. The highest BCUT2D eigenvalue weighted by molar-refractivity contribution is 9.10. The number of nitro groups is 1. The summed E-state index contributed by atoms with van der Waals surface area (Å²) >= 11 is 5.07. The Morgan fingerprint density at radius 3 is 3.05 bits per heavy atom. The quantitative estimate of drug-likeness (QED) is 0.637. The average molecular weight is 376 g/mol. The number of thioether (sulfide) groups is 1. The molecule has 1 saturated heterocycles. The lowest BCUT2D eigenvalue weighted by atomic mass is 10.1. The lowest BCUT2D eigenvalue weighted by molar-refractivity contribution is -0.385. The smallest absolute Gasteiger partial charge is 0.305 e. The number of nitrogens with zero attached hydrogens (tertiary/aromatic N) is 3. The number of carboxylic acids is 1. The number of pyridine rings is 1. The lowest BCUT2D eigenvalue weighted by Crippen LogP contribution is -2.44. The molecule has 0 bridgehead atoms. The summed E-state index contributed by atoms with van der Waals surface area (Å²) in [6.07, 6.45) is 1.26. The van der Waals surface area contributed by atoms with E-state index in [0.29, 0.717) is 28.2 Å². The van der Waals surface area contributed by atoms with Crippen molar-refractivity contribution in [1.82, 2.24) is 4.98 Å². The molecule has 2 heterocycles. The predicted molar refractivity (Wildman–Crippen MR) is 84.0 cm³/mol. The highest BCUT2D eigenvalue weighted by Gasteiger charge is 2.29. The first-order valence-electron chi connectivity index (χ1n) is 6.27. The van der Waals surface area contributed by atoms with Gasteiger partial charge >= 0.3 is 5.97 Å². The number of hydrogen-bond donors (Lipinski definition) is 1. The monoisotopic (exact) mass is 375 g/mol. The summed E-state index contributed by atoms with van der Waals surface area (Å²) in [7, 11) is 0. The number of rotatable bonds is 4. The third kappa shape index (κ3) is 3.46. The standard InChI is InChI=1S/C12H14BrN3O4S/c1-7-9(16(19)20)5-14-12(11(7)13)15-2-3-21-6-8(15)4-10(17)18/h5,8H,2-4,6H2,1H3,(H,17,18). The molecule has 1 N–H and O–H groups in total. The Hall–Kier alpha value is -1.35. The maximum atomic E-state index is 11.0. The minimum absolute atomic E-state index is 0.0250. The van der Waals surface area contributed by atoms with Gasteiger partial charge in [0, 0.05) is 29.7 Å².